The largest absolute Gasteiger partial charge is 0.388 e. The van der Waals surface area contributed by atoms with E-state index in [9.17, 15) is 5.11 Å². The van der Waals surface area contributed by atoms with Gasteiger partial charge in [-0.2, -0.15) is 0 Å². The maximum absolute atomic E-state index is 9.75. The van der Waals surface area contributed by atoms with Gasteiger partial charge < -0.3 is 19.3 Å². The van der Waals surface area contributed by atoms with Crippen molar-refractivity contribution in [1.82, 2.24) is 4.57 Å². The Morgan fingerprint density at radius 1 is 1.17 bits per heavy atom. The molecule has 0 saturated heterocycles. The Morgan fingerprint density at radius 3 is 2.65 bits per heavy atom. The number of nitrogens with zero attached hydrogens (tertiary/aromatic N) is 1. The molecular formula is C19H29N2O2+. The Hall–Kier alpha value is -1.62. The number of hydrogen-bond donors (Lipinski definition) is 2. The molecule has 23 heavy (non-hydrogen) atoms. The van der Waals surface area contributed by atoms with Crippen LogP contribution in [0, 0.1) is 0 Å². The average Bonchev–Trinajstić information content (AvgIpc) is 2.95. The van der Waals surface area contributed by atoms with E-state index in [0.29, 0.717) is 0 Å². The Balaban J connectivity index is 2.00. The molecule has 1 heterocycles. The third-order valence-corrected chi connectivity index (χ3v) is 4.01. The predicted molar refractivity (Wildman–Crippen MR) is 92.6 cm³/mol. The maximum Gasteiger partial charge on any atom is 0.118 e. The lowest BCUT2D eigenvalue weighted by atomic mass is 10.2. The van der Waals surface area contributed by atoms with Gasteiger partial charge in [0.1, 0.15) is 19.2 Å². The molecule has 1 aromatic carbocycles. The summed E-state index contributed by atoms with van der Waals surface area (Å²) in [6.45, 7) is 6.22. The molecule has 4 nitrogen and oxygen atoms in total. The van der Waals surface area contributed by atoms with Crippen LogP contribution in [-0.4, -0.2) is 42.6 Å². The van der Waals surface area contributed by atoms with Crippen molar-refractivity contribution in [3.8, 4) is 0 Å². The minimum absolute atomic E-state index is 0.287. The molecule has 0 amide bonds. The fraction of sp³-hybridized carbons (Fsp3) is 0.474. The highest BCUT2D eigenvalue weighted by molar-refractivity contribution is 5.17. The zero-order valence-electron chi connectivity index (χ0n) is 14.2. The highest BCUT2D eigenvalue weighted by Gasteiger charge is 2.14. The van der Waals surface area contributed by atoms with Crippen molar-refractivity contribution < 1.29 is 14.7 Å². The van der Waals surface area contributed by atoms with E-state index in [1.807, 2.05) is 13.0 Å². The first-order valence-corrected chi connectivity index (χ1v) is 8.37. The second kappa shape index (κ2) is 9.50. The highest BCUT2D eigenvalue weighted by Crippen LogP contribution is 2.07. The number of aliphatic hydroxyl groups excluding tert-OH is 1. The molecule has 2 atom stereocenters. The molecule has 1 aromatic heterocycles. The molecule has 0 saturated carbocycles. The molecule has 0 radical (unpaired) electrons. The SMILES string of the molecule is COCCC[NH+](Cc1cccn1Cc1ccccc1)C[C@H](C)O. The van der Waals surface area contributed by atoms with Gasteiger partial charge in [0.05, 0.1) is 18.8 Å². The average molecular weight is 317 g/mol. The summed E-state index contributed by atoms with van der Waals surface area (Å²) in [5, 5.41) is 9.75. The standard InChI is InChI=1S/C19H28N2O2/c1-17(22)14-20(11-7-13-23-2)16-19-10-6-12-21(19)15-18-8-4-3-5-9-18/h3-6,8-10,12,17,22H,7,11,13-16H2,1-2H3/p+1/t17-/m0/s1. The number of benzene rings is 1. The lowest BCUT2D eigenvalue weighted by Gasteiger charge is -2.22. The number of aromatic nitrogens is 1. The van der Waals surface area contributed by atoms with E-state index in [4.69, 9.17) is 4.74 Å². The van der Waals surface area contributed by atoms with Crippen LogP contribution in [0.3, 0.4) is 0 Å². The highest BCUT2D eigenvalue weighted by atomic mass is 16.5. The van der Waals surface area contributed by atoms with Crippen LogP contribution in [0.1, 0.15) is 24.6 Å². The number of rotatable bonds is 10. The van der Waals surface area contributed by atoms with Crippen LogP contribution in [0.2, 0.25) is 0 Å². The van der Waals surface area contributed by atoms with Gasteiger partial charge in [0.15, 0.2) is 0 Å². The van der Waals surface area contributed by atoms with E-state index in [-0.39, 0.29) is 6.10 Å². The van der Waals surface area contributed by atoms with E-state index in [1.54, 1.807) is 7.11 Å². The van der Waals surface area contributed by atoms with Crippen LogP contribution in [0.15, 0.2) is 48.7 Å². The van der Waals surface area contributed by atoms with Gasteiger partial charge in [-0.05, 0) is 24.6 Å². The number of methoxy groups -OCH3 is 1. The summed E-state index contributed by atoms with van der Waals surface area (Å²) in [6, 6.07) is 14.8. The van der Waals surface area contributed by atoms with E-state index >= 15 is 0 Å². The first-order chi connectivity index (χ1) is 11.2. The van der Waals surface area contributed by atoms with E-state index in [2.05, 4.69) is 47.2 Å². The van der Waals surface area contributed by atoms with Gasteiger partial charge in [-0.3, -0.25) is 0 Å². The molecule has 0 spiro atoms. The predicted octanol–water partition coefficient (Wildman–Crippen LogP) is 1.34. The minimum Gasteiger partial charge on any atom is -0.388 e. The Bertz CT molecular complexity index is 552. The van der Waals surface area contributed by atoms with Gasteiger partial charge >= 0.3 is 0 Å². The summed E-state index contributed by atoms with van der Waals surface area (Å²) in [6.07, 6.45) is 2.86. The fourth-order valence-corrected chi connectivity index (χ4v) is 2.95. The van der Waals surface area contributed by atoms with Crippen LogP contribution in [0.5, 0.6) is 0 Å². The topological polar surface area (TPSA) is 38.8 Å². The van der Waals surface area contributed by atoms with Gasteiger partial charge in [-0.15, -0.1) is 0 Å². The fourth-order valence-electron chi connectivity index (χ4n) is 2.95. The van der Waals surface area contributed by atoms with Crippen molar-refractivity contribution >= 4 is 0 Å². The van der Waals surface area contributed by atoms with Crippen LogP contribution in [0.25, 0.3) is 0 Å². The van der Waals surface area contributed by atoms with Crippen molar-refractivity contribution in [2.75, 3.05) is 26.8 Å². The summed E-state index contributed by atoms with van der Waals surface area (Å²) in [7, 11) is 1.74. The molecular weight excluding hydrogens is 288 g/mol. The summed E-state index contributed by atoms with van der Waals surface area (Å²) < 4.78 is 7.45. The number of nitrogens with one attached hydrogen (secondary N) is 1. The molecule has 0 fully saturated rings. The second-order valence-electron chi connectivity index (χ2n) is 6.19. The molecule has 1 unspecified atom stereocenters. The lowest BCUT2D eigenvalue weighted by Crippen LogP contribution is -3.11. The zero-order valence-corrected chi connectivity index (χ0v) is 14.2. The van der Waals surface area contributed by atoms with Crippen molar-refractivity contribution in [3.63, 3.8) is 0 Å². The van der Waals surface area contributed by atoms with Crippen molar-refractivity contribution in [1.29, 1.82) is 0 Å². The number of quaternary nitrogens is 1. The molecule has 2 aromatic rings. The summed E-state index contributed by atoms with van der Waals surface area (Å²) in [4.78, 5) is 1.39. The van der Waals surface area contributed by atoms with Crippen molar-refractivity contribution in [2.45, 2.75) is 32.5 Å². The second-order valence-corrected chi connectivity index (χ2v) is 6.19. The third kappa shape index (κ3) is 6.18. The molecule has 0 aliphatic carbocycles. The molecule has 4 heteroatoms. The van der Waals surface area contributed by atoms with E-state index in [1.165, 1.54) is 16.2 Å². The number of ether oxygens (including phenoxy) is 1. The Labute approximate surface area is 139 Å². The van der Waals surface area contributed by atoms with Gasteiger partial charge in [-0.25, -0.2) is 0 Å². The monoisotopic (exact) mass is 317 g/mol. The minimum atomic E-state index is -0.287. The van der Waals surface area contributed by atoms with Crippen LogP contribution in [-0.2, 0) is 17.8 Å². The molecule has 126 valence electrons. The van der Waals surface area contributed by atoms with Gasteiger partial charge in [0.2, 0.25) is 0 Å². The maximum atomic E-state index is 9.75. The first-order valence-electron chi connectivity index (χ1n) is 8.37. The van der Waals surface area contributed by atoms with Crippen LogP contribution >= 0.6 is 0 Å². The van der Waals surface area contributed by atoms with Crippen LogP contribution < -0.4 is 4.90 Å². The quantitative estimate of drug-likeness (QED) is 0.649. The normalized spacial score (nSPS) is 13.9. The Kier molecular flexibility index (Phi) is 7.33. The van der Waals surface area contributed by atoms with Gasteiger partial charge in [0.25, 0.3) is 0 Å². The molecule has 2 N–H and O–H groups in total. The molecule has 0 aliphatic heterocycles. The zero-order chi connectivity index (χ0) is 16.5. The third-order valence-electron chi connectivity index (χ3n) is 4.01. The summed E-state index contributed by atoms with van der Waals surface area (Å²) >= 11 is 0. The van der Waals surface area contributed by atoms with Crippen LogP contribution in [0.4, 0.5) is 0 Å². The molecule has 2 rings (SSSR count). The molecule has 0 aliphatic rings. The van der Waals surface area contributed by atoms with Crippen molar-refractivity contribution in [2.24, 2.45) is 0 Å². The smallest absolute Gasteiger partial charge is 0.118 e. The molecule has 0 bridgehead atoms. The van der Waals surface area contributed by atoms with Gasteiger partial charge in [0, 0.05) is 26.3 Å². The van der Waals surface area contributed by atoms with Gasteiger partial charge in [-0.1, -0.05) is 30.3 Å². The summed E-state index contributed by atoms with van der Waals surface area (Å²) in [5.41, 5.74) is 2.61. The lowest BCUT2D eigenvalue weighted by molar-refractivity contribution is -0.917. The number of hydrogen-bond acceptors (Lipinski definition) is 2. The Morgan fingerprint density at radius 2 is 1.96 bits per heavy atom. The van der Waals surface area contributed by atoms with Crippen molar-refractivity contribution in [3.05, 3.63) is 59.9 Å². The van der Waals surface area contributed by atoms with E-state index in [0.717, 1.165) is 39.2 Å². The summed E-state index contributed by atoms with van der Waals surface area (Å²) in [5.74, 6) is 0. The number of aliphatic hydroxyl groups is 1. The first kappa shape index (κ1) is 17.7. The van der Waals surface area contributed by atoms with E-state index < -0.39 is 0 Å².